The van der Waals surface area contributed by atoms with Gasteiger partial charge in [0.2, 0.25) is 0 Å². The second-order valence-corrected chi connectivity index (χ2v) is 10.8. The van der Waals surface area contributed by atoms with Gasteiger partial charge >= 0.3 is 5.97 Å². The van der Waals surface area contributed by atoms with E-state index in [2.05, 4.69) is 50.7 Å². The predicted molar refractivity (Wildman–Crippen MR) is 155 cm³/mol. The lowest BCUT2D eigenvalue weighted by Crippen LogP contribution is -2.40. The second kappa shape index (κ2) is 10.9. The lowest BCUT2D eigenvalue weighted by Gasteiger charge is -2.26. The van der Waals surface area contributed by atoms with E-state index in [1.165, 1.54) is 11.3 Å². The van der Waals surface area contributed by atoms with Crippen molar-refractivity contribution in [3.05, 3.63) is 89.2 Å². The van der Waals surface area contributed by atoms with Crippen molar-refractivity contribution in [1.29, 1.82) is 0 Å². The summed E-state index contributed by atoms with van der Waals surface area (Å²) in [6, 6.07) is 10.9. The summed E-state index contributed by atoms with van der Waals surface area (Å²) in [6.07, 6.45) is 3.96. The van der Waals surface area contributed by atoms with Crippen LogP contribution in [-0.4, -0.2) is 35.9 Å². The van der Waals surface area contributed by atoms with Crippen LogP contribution < -0.4 is 24.4 Å². The van der Waals surface area contributed by atoms with Crippen LogP contribution in [0.2, 0.25) is 0 Å². The minimum atomic E-state index is -0.784. The molecule has 0 saturated heterocycles. The number of esters is 1. The van der Waals surface area contributed by atoms with Gasteiger partial charge in [0.15, 0.2) is 16.3 Å². The van der Waals surface area contributed by atoms with Crippen LogP contribution in [0.4, 0.5) is 0 Å². The Morgan fingerprint density at radius 2 is 1.87 bits per heavy atom. The SMILES string of the molecule is CCOC(=O)C1=C(C)N=c2s/c(=C\c3cn(CC)c4ccccc34)c(=O)n2[C@@H]1c1cc(OC)c(OC)cc1Br. The standard InChI is InChI=1S/C29H28BrN3O5S/c1-6-32-15-17(18-10-8-9-11-21(18)32)12-24-27(34)33-26(19-13-22(36-4)23(37-5)14-20(19)30)25(28(35)38-7-2)16(3)31-29(33)39-24/h8-15,26H,6-7H2,1-5H3/b24-12-/t26-/m1/s1. The monoisotopic (exact) mass is 609 g/mol. The Morgan fingerprint density at radius 3 is 2.56 bits per heavy atom. The lowest BCUT2D eigenvalue weighted by molar-refractivity contribution is -0.139. The number of nitrogens with zero attached hydrogens (tertiary/aromatic N) is 3. The minimum absolute atomic E-state index is 0.196. The fourth-order valence-electron chi connectivity index (χ4n) is 4.96. The molecule has 1 aliphatic rings. The Labute approximate surface area is 237 Å². The van der Waals surface area contributed by atoms with Crippen molar-refractivity contribution < 1.29 is 19.0 Å². The van der Waals surface area contributed by atoms with E-state index >= 15 is 0 Å². The zero-order chi connectivity index (χ0) is 27.8. The van der Waals surface area contributed by atoms with Crippen LogP contribution in [0.3, 0.4) is 0 Å². The number of allylic oxidation sites excluding steroid dienone is 1. The van der Waals surface area contributed by atoms with Crippen molar-refractivity contribution in [3.63, 3.8) is 0 Å². The number of rotatable bonds is 7. The molecule has 3 heterocycles. The van der Waals surface area contributed by atoms with Crippen LogP contribution in [-0.2, 0) is 16.1 Å². The largest absolute Gasteiger partial charge is 0.493 e. The molecule has 0 spiro atoms. The topological polar surface area (TPSA) is 84.1 Å². The number of hydrogen-bond acceptors (Lipinski definition) is 7. The minimum Gasteiger partial charge on any atom is -0.493 e. The number of aromatic nitrogens is 2. The molecule has 0 bridgehead atoms. The van der Waals surface area contributed by atoms with Crippen molar-refractivity contribution in [2.45, 2.75) is 33.4 Å². The van der Waals surface area contributed by atoms with Crippen LogP contribution in [0.1, 0.15) is 37.9 Å². The normalized spacial score (nSPS) is 15.3. The van der Waals surface area contributed by atoms with E-state index < -0.39 is 12.0 Å². The Kier molecular flexibility index (Phi) is 7.51. The highest BCUT2D eigenvalue weighted by molar-refractivity contribution is 9.10. The maximum Gasteiger partial charge on any atom is 0.338 e. The molecule has 10 heteroatoms. The van der Waals surface area contributed by atoms with Gasteiger partial charge in [0.05, 0.1) is 42.7 Å². The third-order valence-electron chi connectivity index (χ3n) is 6.76. The highest BCUT2D eigenvalue weighted by Gasteiger charge is 2.35. The molecule has 39 heavy (non-hydrogen) atoms. The number of para-hydroxylation sites is 1. The molecule has 1 aliphatic heterocycles. The highest BCUT2D eigenvalue weighted by Crippen LogP contribution is 2.40. The first-order chi connectivity index (χ1) is 18.8. The molecule has 2 aromatic carbocycles. The van der Waals surface area contributed by atoms with Crippen LogP contribution in [0.25, 0.3) is 17.0 Å². The number of halogens is 1. The average molecular weight is 611 g/mol. The van der Waals surface area contributed by atoms with Gasteiger partial charge in [-0.25, -0.2) is 9.79 Å². The molecule has 0 amide bonds. The third kappa shape index (κ3) is 4.61. The predicted octanol–water partition coefficient (Wildman–Crippen LogP) is 4.55. The number of hydrogen-bond donors (Lipinski definition) is 0. The molecule has 0 aliphatic carbocycles. The van der Waals surface area contributed by atoms with Crippen molar-refractivity contribution in [2.75, 3.05) is 20.8 Å². The van der Waals surface area contributed by atoms with E-state index in [9.17, 15) is 9.59 Å². The van der Waals surface area contributed by atoms with Gasteiger partial charge in [0.25, 0.3) is 5.56 Å². The van der Waals surface area contributed by atoms with Gasteiger partial charge in [-0.15, -0.1) is 0 Å². The van der Waals surface area contributed by atoms with Gasteiger partial charge in [-0.2, -0.15) is 0 Å². The smallest absolute Gasteiger partial charge is 0.338 e. The van der Waals surface area contributed by atoms with Crippen molar-refractivity contribution in [1.82, 2.24) is 9.13 Å². The van der Waals surface area contributed by atoms with Gasteiger partial charge in [-0.05, 0) is 50.6 Å². The van der Waals surface area contributed by atoms with Crippen LogP contribution in [0.5, 0.6) is 11.5 Å². The Balaban J connectivity index is 1.78. The van der Waals surface area contributed by atoms with Gasteiger partial charge in [0, 0.05) is 33.7 Å². The molecule has 5 rings (SSSR count). The summed E-state index contributed by atoms with van der Waals surface area (Å²) in [4.78, 5) is 32.5. The van der Waals surface area contributed by atoms with Gasteiger partial charge < -0.3 is 18.8 Å². The number of methoxy groups -OCH3 is 2. The van der Waals surface area contributed by atoms with Crippen molar-refractivity contribution in [3.8, 4) is 11.5 Å². The fraction of sp³-hybridized carbons (Fsp3) is 0.276. The highest BCUT2D eigenvalue weighted by atomic mass is 79.9. The maximum absolute atomic E-state index is 14.1. The fourth-order valence-corrected chi connectivity index (χ4v) is 6.53. The molecule has 0 radical (unpaired) electrons. The van der Waals surface area contributed by atoms with E-state index in [-0.39, 0.29) is 12.2 Å². The van der Waals surface area contributed by atoms with E-state index in [1.54, 1.807) is 44.8 Å². The summed E-state index contributed by atoms with van der Waals surface area (Å²) in [7, 11) is 3.10. The molecule has 0 unspecified atom stereocenters. The summed E-state index contributed by atoms with van der Waals surface area (Å²) < 4.78 is 21.3. The number of benzene rings is 2. The Bertz CT molecular complexity index is 1810. The third-order valence-corrected chi connectivity index (χ3v) is 8.43. The van der Waals surface area contributed by atoms with E-state index in [0.29, 0.717) is 42.1 Å². The molecule has 0 fully saturated rings. The molecule has 0 N–H and O–H groups in total. The van der Waals surface area contributed by atoms with Gasteiger partial charge in [-0.1, -0.05) is 45.5 Å². The summed E-state index contributed by atoms with van der Waals surface area (Å²) in [5.41, 5.74) is 3.25. The quantitative estimate of drug-likeness (QED) is 0.287. The van der Waals surface area contributed by atoms with E-state index in [0.717, 1.165) is 23.0 Å². The summed E-state index contributed by atoms with van der Waals surface area (Å²) in [5.74, 6) is 0.472. The zero-order valence-corrected chi connectivity index (χ0v) is 24.7. The molecule has 1 atom stereocenters. The summed E-state index contributed by atoms with van der Waals surface area (Å²) in [6.45, 7) is 6.61. The van der Waals surface area contributed by atoms with Crippen LogP contribution in [0, 0.1) is 0 Å². The molecule has 0 saturated carbocycles. The van der Waals surface area contributed by atoms with Crippen LogP contribution >= 0.6 is 27.3 Å². The average Bonchev–Trinajstić information content (AvgIpc) is 3.44. The van der Waals surface area contributed by atoms with Gasteiger partial charge in [0.1, 0.15) is 0 Å². The number of carbonyl (C=O) groups excluding carboxylic acids is 1. The molecule has 2 aromatic heterocycles. The molecular weight excluding hydrogens is 582 g/mol. The van der Waals surface area contributed by atoms with Crippen molar-refractivity contribution >= 4 is 50.2 Å². The second-order valence-electron chi connectivity index (χ2n) is 8.92. The number of thiazole rings is 1. The Morgan fingerprint density at radius 1 is 1.15 bits per heavy atom. The summed E-state index contributed by atoms with van der Waals surface area (Å²) >= 11 is 4.93. The van der Waals surface area contributed by atoms with Crippen LogP contribution in [0.15, 0.2) is 68.1 Å². The number of aryl methyl sites for hydroxylation is 1. The first kappa shape index (κ1) is 27.0. The number of fused-ring (bicyclic) bond motifs is 2. The first-order valence-corrected chi connectivity index (χ1v) is 14.1. The first-order valence-electron chi connectivity index (χ1n) is 12.5. The molecule has 202 valence electrons. The maximum atomic E-state index is 14.1. The van der Waals surface area contributed by atoms with Gasteiger partial charge in [-0.3, -0.25) is 9.36 Å². The van der Waals surface area contributed by atoms with E-state index in [1.807, 2.05) is 18.2 Å². The Hall–Kier alpha value is -3.63. The lowest BCUT2D eigenvalue weighted by atomic mass is 9.95. The summed E-state index contributed by atoms with van der Waals surface area (Å²) in [5, 5.41) is 1.06. The zero-order valence-electron chi connectivity index (χ0n) is 22.3. The molecular formula is C29H28BrN3O5S. The molecule has 8 nitrogen and oxygen atoms in total. The number of ether oxygens (including phenoxy) is 3. The van der Waals surface area contributed by atoms with Crippen molar-refractivity contribution in [2.24, 2.45) is 4.99 Å². The van der Waals surface area contributed by atoms with E-state index in [4.69, 9.17) is 14.2 Å². The number of carbonyl (C=O) groups is 1. The molecule has 4 aromatic rings.